The van der Waals surface area contributed by atoms with Crippen LogP contribution < -0.4 is 10.9 Å². The van der Waals surface area contributed by atoms with E-state index >= 15 is 0 Å². The summed E-state index contributed by atoms with van der Waals surface area (Å²) in [6.45, 7) is 0. The Bertz CT molecular complexity index is 1430. The van der Waals surface area contributed by atoms with Gasteiger partial charge in [-0.15, -0.1) is 0 Å². The minimum atomic E-state index is -0.272. The van der Waals surface area contributed by atoms with Gasteiger partial charge >= 0.3 is 0 Å². The van der Waals surface area contributed by atoms with E-state index in [0.717, 1.165) is 10.9 Å². The van der Waals surface area contributed by atoms with Crippen LogP contribution in [-0.4, -0.2) is 30.6 Å². The van der Waals surface area contributed by atoms with E-state index in [1.165, 1.54) is 17.2 Å². The van der Waals surface area contributed by atoms with Crippen LogP contribution in [0.2, 0.25) is 0 Å². The molecule has 0 aliphatic rings. The zero-order chi connectivity index (χ0) is 19.8. The number of carbonyl (C=O) groups excluding carboxylic acids is 1. The molecule has 8 nitrogen and oxygen atoms in total. The number of aromatic amines is 1. The smallest absolute Gasteiger partial charge is 0.261 e. The summed E-state index contributed by atoms with van der Waals surface area (Å²) >= 11 is 0. The van der Waals surface area contributed by atoms with Crippen molar-refractivity contribution in [2.45, 2.75) is 0 Å². The second-order valence-corrected chi connectivity index (χ2v) is 6.37. The minimum absolute atomic E-state index is 0.265. The van der Waals surface area contributed by atoms with Crippen LogP contribution in [0.25, 0.3) is 27.6 Å². The van der Waals surface area contributed by atoms with Crippen molar-refractivity contribution in [2.75, 3.05) is 5.32 Å². The lowest BCUT2D eigenvalue weighted by Crippen LogP contribution is -2.15. The van der Waals surface area contributed by atoms with Gasteiger partial charge in [-0.05, 0) is 30.3 Å². The highest BCUT2D eigenvalue weighted by Crippen LogP contribution is 2.24. The summed E-state index contributed by atoms with van der Waals surface area (Å²) in [4.78, 5) is 36.0. The predicted molar refractivity (Wildman–Crippen MR) is 109 cm³/mol. The molecule has 0 radical (unpaired) electrons. The first-order valence-electron chi connectivity index (χ1n) is 8.88. The number of fused-ring (bicyclic) bond motifs is 2. The lowest BCUT2D eigenvalue weighted by Gasteiger charge is -2.12. The van der Waals surface area contributed by atoms with Crippen molar-refractivity contribution in [3.63, 3.8) is 0 Å². The second-order valence-electron chi connectivity index (χ2n) is 6.37. The average molecular weight is 382 g/mol. The predicted octanol–water partition coefficient (Wildman–Crippen LogP) is 2.91. The first kappa shape index (κ1) is 16.8. The van der Waals surface area contributed by atoms with E-state index in [9.17, 15) is 9.59 Å². The molecule has 2 aromatic carbocycles. The van der Waals surface area contributed by atoms with Crippen LogP contribution in [0.4, 0.5) is 5.69 Å². The summed E-state index contributed by atoms with van der Waals surface area (Å²) in [6, 6.07) is 16.3. The Morgan fingerprint density at radius 2 is 1.86 bits per heavy atom. The van der Waals surface area contributed by atoms with Crippen LogP contribution in [-0.2, 0) is 0 Å². The molecule has 0 unspecified atom stereocenters. The molecule has 3 heterocycles. The molecule has 8 heteroatoms. The highest BCUT2D eigenvalue weighted by molar-refractivity contribution is 6.13. The molecule has 0 spiro atoms. The van der Waals surface area contributed by atoms with Gasteiger partial charge in [-0.3, -0.25) is 14.6 Å². The van der Waals surface area contributed by atoms with Crippen molar-refractivity contribution in [1.82, 2.24) is 24.7 Å². The highest BCUT2D eigenvalue weighted by atomic mass is 16.1. The highest BCUT2D eigenvalue weighted by Gasteiger charge is 2.15. The molecule has 5 aromatic rings. The van der Waals surface area contributed by atoms with Gasteiger partial charge in [0.2, 0.25) is 0 Å². The number of pyridine rings is 1. The van der Waals surface area contributed by atoms with Gasteiger partial charge in [0, 0.05) is 17.1 Å². The Kier molecular flexibility index (Phi) is 3.87. The molecule has 140 valence electrons. The number of para-hydroxylation sites is 2. The summed E-state index contributed by atoms with van der Waals surface area (Å²) in [5.74, 6) is -0.265. The van der Waals surface area contributed by atoms with Crippen molar-refractivity contribution < 1.29 is 4.79 Å². The summed E-state index contributed by atoms with van der Waals surface area (Å²) in [5, 5.41) is 8.37. The number of aromatic nitrogens is 5. The van der Waals surface area contributed by atoms with Crippen LogP contribution in [0.5, 0.6) is 0 Å². The topological polar surface area (TPSA) is 106 Å². The van der Waals surface area contributed by atoms with E-state index in [1.807, 2.05) is 24.3 Å². The molecule has 0 saturated carbocycles. The monoisotopic (exact) mass is 382 g/mol. The number of H-pyrrole nitrogens is 1. The van der Waals surface area contributed by atoms with Crippen LogP contribution >= 0.6 is 0 Å². The van der Waals surface area contributed by atoms with E-state index in [1.54, 1.807) is 36.5 Å². The molecule has 5 rings (SSSR count). The van der Waals surface area contributed by atoms with Crippen LogP contribution in [0.15, 0.2) is 78.1 Å². The minimum Gasteiger partial charge on any atom is -0.320 e. The maximum atomic E-state index is 13.0. The van der Waals surface area contributed by atoms with Gasteiger partial charge in [-0.1, -0.05) is 24.3 Å². The van der Waals surface area contributed by atoms with Crippen molar-refractivity contribution in [2.24, 2.45) is 0 Å². The average Bonchev–Trinajstić information content (AvgIpc) is 3.19. The van der Waals surface area contributed by atoms with Gasteiger partial charge in [0.25, 0.3) is 11.5 Å². The molecule has 29 heavy (non-hydrogen) atoms. The van der Waals surface area contributed by atoms with Gasteiger partial charge in [0.15, 0.2) is 5.65 Å². The quantitative estimate of drug-likeness (QED) is 0.499. The SMILES string of the molecule is O=C(Nc1ccccc1-n1ncc2c(=O)[nH]cnc21)c1cccc2ncccc12. The molecule has 3 aromatic heterocycles. The summed E-state index contributed by atoms with van der Waals surface area (Å²) in [7, 11) is 0. The number of nitrogens with one attached hydrogen (secondary N) is 2. The zero-order valence-corrected chi connectivity index (χ0v) is 15.0. The molecular weight excluding hydrogens is 368 g/mol. The second kappa shape index (κ2) is 6.68. The fourth-order valence-corrected chi connectivity index (χ4v) is 3.29. The first-order chi connectivity index (χ1) is 14.2. The van der Waals surface area contributed by atoms with E-state index < -0.39 is 0 Å². The molecule has 0 fully saturated rings. The zero-order valence-electron chi connectivity index (χ0n) is 15.0. The number of anilines is 1. The lowest BCUT2D eigenvalue weighted by molar-refractivity contribution is 0.102. The maximum absolute atomic E-state index is 13.0. The van der Waals surface area contributed by atoms with Gasteiger partial charge < -0.3 is 10.3 Å². The number of nitrogens with zero attached hydrogens (tertiary/aromatic N) is 4. The molecule has 1 amide bonds. The molecular formula is C21H14N6O2. The van der Waals surface area contributed by atoms with Crippen molar-refractivity contribution >= 4 is 33.5 Å². The largest absolute Gasteiger partial charge is 0.320 e. The van der Waals surface area contributed by atoms with E-state index in [2.05, 4.69) is 25.4 Å². The Morgan fingerprint density at radius 1 is 0.966 bits per heavy atom. The standard InChI is InChI=1S/C21H14N6O2/c28-20-15-11-25-27(19(15)23-12-24-20)18-9-2-1-7-17(18)26-21(29)14-5-3-8-16-13(14)6-4-10-22-16/h1-12H,(H,26,29)(H,23,24,28). The number of benzene rings is 2. The third-order valence-corrected chi connectivity index (χ3v) is 4.64. The Labute approximate surface area is 163 Å². The summed E-state index contributed by atoms with van der Waals surface area (Å²) in [5.41, 5.74) is 2.55. The van der Waals surface area contributed by atoms with Crippen LogP contribution in [0.3, 0.4) is 0 Å². The van der Waals surface area contributed by atoms with Gasteiger partial charge in [0.1, 0.15) is 5.39 Å². The molecule has 0 atom stereocenters. The molecule has 2 N–H and O–H groups in total. The third-order valence-electron chi connectivity index (χ3n) is 4.64. The third kappa shape index (κ3) is 2.83. The van der Waals surface area contributed by atoms with Crippen LogP contribution in [0.1, 0.15) is 10.4 Å². The van der Waals surface area contributed by atoms with Crippen molar-refractivity contribution in [1.29, 1.82) is 0 Å². The number of carbonyl (C=O) groups is 1. The van der Waals surface area contributed by atoms with Crippen molar-refractivity contribution in [3.8, 4) is 5.69 Å². The van der Waals surface area contributed by atoms with E-state index in [-0.39, 0.29) is 11.5 Å². The molecule has 0 aliphatic heterocycles. The van der Waals surface area contributed by atoms with E-state index in [4.69, 9.17) is 0 Å². The molecule has 0 saturated heterocycles. The molecule has 0 aliphatic carbocycles. The number of rotatable bonds is 3. The lowest BCUT2D eigenvalue weighted by atomic mass is 10.1. The number of amides is 1. The van der Waals surface area contributed by atoms with E-state index in [0.29, 0.717) is 28.0 Å². The van der Waals surface area contributed by atoms with Crippen LogP contribution in [0, 0.1) is 0 Å². The number of hydrogen-bond donors (Lipinski definition) is 2. The Morgan fingerprint density at radius 3 is 2.79 bits per heavy atom. The van der Waals surface area contributed by atoms with Gasteiger partial charge in [-0.2, -0.15) is 5.10 Å². The number of hydrogen-bond acceptors (Lipinski definition) is 5. The Balaban J connectivity index is 1.59. The Hall–Kier alpha value is -4.33. The fraction of sp³-hybridized carbons (Fsp3) is 0. The van der Waals surface area contributed by atoms with Crippen molar-refractivity contribution in [3.05, 3.63) is 89.2 Å². The molecule has 0 bridgehead atoms. The summed E-state index contributed by atoms with van der Waals surface area (Å²) < 4.78 is 1.53. The van der Waals surface area contributed by atoms with Gasteiger partial charge in [0.05, 0.1) is 29.4 Å². The summed E-state index contributed by atoms with van der Waals surface area (Å²) in [6.07, 6.45) is 4.47. The fourth-order valence-electron chi connectivity index (χ4n) is 3.29. The van der Waals surface area contributed by atoms with Gasteiger partial charge in [-0.25, -0.2) is 9.67 Å². The normalized spacial score (nSPS) is 11.0. The maximum Gasteiger partial charge on any atom is 0.261 e. The first-order valence-corrected chi connectivity index (χ1v) is 8.88.